The van der Waals surface area contributed by atoms with Crippen LogP contribution < -0.4 is 4.90 Å². The second-order valence-corrected chi connectivity index (χ2v) is 10.2. The molecule has 1 unspecified atom stereocenters. The number of phenolic OH excluding ortho intramolecular Hbond substituents is 1. The number of likely N-dealkylation sites (N-methyl/N-ethyl adjacent to an activating group) is 1. The summed E-state index contributed by atoms with van der Waals surface area (Å²) in [4.78, 5) is 55.1. The van der Waals surface area contributed by atoms with Gasteiger partial charge in [0, 0.05) is 31.3 Å². The van der Waals surface area contributed by atoms with Gasteiger partial charge < -0.3 is 30.1 Å². The fourth-order valence-electron chi connectivity index (χ4n) is 6.07. The number of aromatic hydroxyl groups is 1. The number of nitrogens with zero attached hydrogens (tertiary/aromatic N) is 2. The van der Waals surface area contributed by atoms with E-state index in [-0.39, 0.29) is 29.5 Å². The number of aliphatic hydroxyl groups is 3. The highest BCUT2D eigenvalue weighted by molar-refractivity contribution is 6.25. The minimum Gasteiger partial charge on any atom is -0.510 e. The highest BCUT2D eigenvalue weighted by atomic mass is 16.5. The number of rotatable bonds is 4. The summed E-state index contributed by atoms with van der Waals surface area (Å²) in [5.41, 5.74) is -3.14. The molecule has 4 N–H and O–H groups in total. The van der Waals surface area contributed by atoms with Gasteiger partial charge in [0.1, 0.15) is 28.4 Å². The molecule has 3 aliphatic rings. The van der Waals surface area contributed by atoms with Crippen LogP contribution in [0, 0.1) is 11.8 Å². The summed E-state index contributed by atoms with van der Waals surface area (Å²) in [6.45, 7) is 1.06. The smallest absolute Gasteiger partial charge is 0.341 e. The van der Waals surface area contributed by atoms with Crippen LogP contribution in [0.25, 0.3) is 0 Å². The van der Waals surface area contributed by atoms with E-state index in [4.69, 9.17) is 4.74 Å². The topological polar surface area (TPSA) is 165 Å². The Bertz CT molecular complexity index is 1320. The molecule has 1 aromatic rings. The van der Waals surface area contributed by atoms with Gasteiger partial charge in [0.2, 0.25) is 5.78 Å². The fourth-order valence-corrected chi connectivity index (χ4v) is 6.07. The maximum Gasteiger partial charge on any atom is 0.341 e. The lowest BCUT2D eigenvalue weighted by atomic mass is 9.58. The van der Waals surface area contributed by atoms with Crippen LogP contribution in [0.2, 0.25) is 0 Å². The Morgan fingerprint density at radius 3 is 2.24 bits per heavy atom. The molecule has 198 valence electrons. The molecule has 0 spiro atoms. The van der Waals surface area contributed by atoms with Gasteiger partial charge in [-0.2, -0.15) is 0 Å². The number of esters is 1. The standard InChI is InChI=1S/C26H30N2O9/c1-10(29)16-22(32)19(28(4)5)14-8-11-7-12-15(27(2)3)9-13(25(35)37-6)20(30)18(12)21(31)17(11)24(34)26(14,36)23(16)33/h9,11,14,19,30,32,34,36H,7-8H2,1-6H3/t11-,14-,19?,26+/m1/s1. The predicted octanol–water partition coefficient (Wildman–Crippen LogP) is 1.08. The molecule has 0 aliphatic heterocycles. The maximum atomic E-state index is 13.8. The molecule has 0 heterocycles. The van der Waals surface area contributed by atoms with Crippen molar-refractivity contribution >= 4 is 29.0 Å². The molecular formula is C26H30N2O9. The number of anilines is 1. The van der Waals surface area contributed by atoms with Crippen molar-refractivity contribution in [3.8, 4) is 5.75 Å². The zero-order valence-corrected chi connectivity index (χ0v) is 21.4. The van der Waals surface area contributed by atoms with Gasteiger partial charge in [-0.15, -0.1) is 0 Å². The van der Waals surface area contributed by atoms with Gasteiger partial charge in [-0.05, 0) is 51.4 Å². The van der Waals surface area contributed by atoms with E-state index in [1.807, 2.05) is 0 Å². The Kier molecular flexibility index (Phi) is 6.20. The van der Waals surface area contributed by atoms with E-state index < -0.39 is 69.6 Å². The maximum absolute atomic E-state index is 13.8. The van der Waals surface area contributed by atoms with E-state index in [1.165, 1.54) is 11.0 Å². The molecule has 0 aromatic heterocycles. The predicted molar refractivity (Wildman–Crippen MR) is 131 cm³/mol. The second-order valence-electron chi connectivity index (χ2n) is 10.2. The van der Waals surface area contributed by atoms with E-state index >= 15 is 0 Å². The van der Waals surface area contributed by atoms with Gasteiger partial charge in [0.05, 0.1) is 18.7 Å². The Labute approximate surface area is 213 Å². The van der Waals surface area contributed by atoms with Crippen molar-refractivity contribution in [1.29, 1.82) is 0 Å². The van der Waals surface area contributed by atoms with Gasteiger partial charge in [-0.1, -0.05) is 0 Å². The summed E-state index contributed by atoms with van der Waals surface area (Å²) in [5.74, 6) is -7.51. The van der Waals surface area contributed by atoms with E-state index in [0.717, 1.165) is 14.0 Å². The Hall–Kier alpha value is -3.70. The Morgan fingerprint density at radius 2 is 1.73 bits per heavy atom. The summed E-state index contributed by atoms with van der Waals surface area (Å²) < 4.78 is 4.74. The number of methoxy groups -OCH3 is 1. The highest BCUT2D eigenvalue weighted by Gasteiger charge is 2.63. The van der Waals surface area contributed by atoms with Crippen LogP contribution in [0.4, 0.5) is 5.69 Å². The molecular weight excluding hydrogens is 484 g/mol. The first-order chi connectivity index (χ1) is 17.2. The van der Waals surface area contributed by atoms with Crippen molar-refractivity contribution < 1.29 is 44.3 Å². The third-order valence-corrected chi connectivity index (χ3v) is 7.69. The molecule has 11 heteroatoms. The van der Waals surface area contributed by atoms with Gasteiger partial charge in [0.25, 0.3) is 0 Å². The number of carbonyl (C=O) groups is 4. The van der Waals surface area contributed by atoms with Crippen LogP contribution in [-0.2, 0) is 20.7 Å². The van der Waals surface area contributed by atoms with Crippen LogP contribution in [-0.4, -0.2) is 95.6 Å². The number of fused-ring (bicyclic) bond motifs is 3. The summed E-state index contributed by atoms with van der Waals surface area (Å²) in [6.07, 6.45) is 0.144. The van der Waals surface area contributed by atoms with Crippen LogP contribution in [0.15, 0.2) is 28.7 Å². The van der Waals surface area contributed by atoms with E-state index in [9.17, 15) is 39.6 Å². The SMILES string of the molecule is COC(=O)c1cc(N(C)C)c2c(c1O)C(=O)C1=C(O)[C@@]3(O)C(=O)C(C(C)=O)=C(O)C(N(C)C)[C@H]3C[C@H]1C2. The lowest BCUT2D eigenvalue weighted by Gasteiger charge is -2.50. The van der Waals surface area contributed by atoms with Crippen LogP contribution in [0.5, 0.6) is 5.75 Å². The third kappa shape index (κ3) is 3.48. The molecule has 4 rings (SSSR count). The van der Waals surface area contributed by atoms with E-state index in [1.54, 1.807) is 33.1 Å². The largest absolute Gasteiger partial charge is 0.510 e. The number of phenols is 1. The summed E-state index contributed by atoms with van der Waals surface area (Å²) >= 11 is 0. The first-order valence-electron chi connectivity index (χ1n) is 11.7. The molecule has 0 saturated heterocycles. The number of hydrogen-bond donors (Lipinski definition) is 4. The minimum absolute atomic E-state index is 0.0112. The lowest BCUT2D eigenvalue weighted by molar-refractivity contribution is -0.148. The summed E-state index contributed by atoms with van der Waals surface area (Å²) in [7, 11) is 7.74. The number of ether oxygens (including phenoxy) is 1. The quantitative estimate of drug-likeness (QED) is 0.335. The van der Waals surface area contributed by atoms with E-state index in [0.29, 0.717) is 11.3 Å². The van der Waals surface area contributed by atoms with Crippen molar-refractivity contribution in [2.45, 2.75) is 31.4 Å². The molecule has 11 nitrogen and oxygen atoms in total. The second kappa shape index (κ2) is 8.70. The average molecular weight is 515 g/mol. The monoisotopic (exact) mass is 514 g/mol. The van der Waals surface area contributed by atoms with Gasteiger partial charge >= 0.3 is 5.97 Å². The zero-order valence-electron chi connectivity index (χ0n) is 21.4. The number of aliphatic hydroxyl groups excluding tert-OH is 2. The van der Waals surface area contributed by atoms with Crippen LogP contribution >= 0.6 is 0 Å². The van der Waals surface area contributed by atoms with Crippen molar-refractivity contribution in [3.63, 3.8) is 0 Å². The summed E-state index contributed by atoms with van der Waals surface area (Å²) in [5, 5.41) is 44.9. The van der Waals surface area contributed by atoms with Gasteiger partial charge in [-0.25, -0.2) is 4.79 Å². The molecule has 3 aliphatic carbocycles. The zero-order chi connectivity index (χ0) is 27.7. The van der Waals surface area contributed by atoms with Crippen molar-refractivity contribution in [2.24, 2.45) is 11.8 Å². The van der Waals surface area contributed by atoms with Crippen molar-refractivity contribution in [2.75, 3.05) is 40.2 Å². The first kappa shape index (κ1) is 26.4. The fraction of sp³-hybridized carbons (Fsp3) is 0.462. The number of ketones is 3. The van der Waals surface area contributed by atoms with Crippen LogP contribution in [0.3, 0.4) is 0 Å². The van der Waals surface area contributed by atoms with E-state index in [2.05, 4.69) is 0 Å². The van der Waals surface area contributed by atoms with Crippen molar-refractivity contribution in [1.82, 2.24) is 4.90 Å². The number of hydrogen-bond acceptors (Lipinski definition) is 11. The molecule has 0 amide bonds. The third-order valence-electron chi connectivity index (χ3n) is 7.69. The van der Waals surface area contributed by atoms with Crippen LogP contribution in [0.1, 0.15) is 39.6 Å². The molecule has 0 fully saturated rings. The average Bonchev–Trinajstić information content (AvgIpc) is 2.80. The number of benzene rings is 1. The normalized spacial score (nSPS) is 27.1. The molecule has 0 radical (unpaired) electrons. The van der Waals surface area contributed by atoms with Gasteiger partial charge in [0.15, 0.2) is 17.2 Å². The lowest BCUT2D eigenvalue weighted by Crippen LogP contribution is -2.63. The number of carbonyl (C=O) groups excluding carboxylic acids is 4. The summed E-state index contributed by atoms with van der Waals surface area (Å²) in [6, 6.07) is 0.423. The molecule has 0 bridgehead atoms. The van der Waals surface area contributed by atoms with Gasteiger partial charge in [-0.3, -0.25) is 19.3 Å². The molecule has 1 aromatic carbocycles. The highest BCUT2D eigenvalue weighted by Crippen LogP contribution is 2.53. The number of Topliss-reactive ketones (excluding diaryl/α,β-unsaturated/α-hetero) is 3. The molecule has 4 atom stereocenters. The first-order valence-corrected chi connectivity index (χ1v) is 11.7. The minimum atomic E-state index is -2.65. The Balaban J connectivity index is 2.01. The Morgan fingerprint density at radius 1 is 1.11 bits per heavy atom. The number of allylic oxidation sites excluding steroid dienone is 1. The van der Waals surface area contributed by atoms with Crippen molar-refractivity contribution in [3.05, 3.63) is 45.4 Å². The molecule has 0 saturated carbocycles. The molecule has 37 heavy (non-hydrogen) atoms.